The number of rotatable bonds is 6. The molecule has 114 valence electrons. The number of pyridine rings is 1. The molecule has 3 N–H and O–H groups in total. The second-order valence-corrected chi connectivity index (χ2v) is 6.51. The summed E-state index contributed by atoms with van der Waals surface area (Å²) in [5, 5.41) is 4.07. The van der Waals surface area contributed by atoms with Crippen LogP contribution in [0.2, 0.25) is 0 Å². The molecule has 2 heterocycles. The molecule has 0 fully saturated rings. The van der Waals surface area contributed by atoms with Crippen LogP contribution in [0.25, 0.3) is 0 Å². The third kappa shape index (κ3) is 3.40. The standard InChI is InChI=1S/C13H19N5O2S/c1-3-10(2)18-13(14)12(9-16-18)21(19,20)17-8-11-4-6-15-7-5-11/h4-7,9-10,17H,3,8,14H2,1-2H3. The van der Waals surface area contributed by atoms with Crippen LogP contribution in [0.3, 0.4) is 0 Å². The summed E-state index contributed by atoms with van der Waals surface area (Å²) >= 11 is 0. The molecule has 21 heavy (non-hydrogen) atoms. The first kappa shape index (κ1) is 15.5. The van der Waals surface area contributed by atoms with Gasteiger partial charge in [0.1, 0.15) is 10.7 Å². The summed E-state index contributed by atoms with van der Waals surface area (Å²) in [5.74, 6) is 0.159. The van der Waals surface area contributed by atoms with Gasteiger partial charge >= 0.3 is 0 Å². The van der Waals surface area contributed by atoms with Crippen LogP contribution in [0, 0.1) is 0 Å². The summed E-state index contributed by atoms with van der Waals surface area (Å²) < 4.78 is 28.6. The van der Waals surface area contributed by atoms with Crippen molar-refractivity contribution in [2.24, 2.45) is 0 Å². The Bertz CT molecular complexity index is 697. The van der Waals surface area contributed by atoms with Gasteiger partial charge in [0.25, 0.3) is 0 Å². The van der Waals surface area contributed by atoms with Gasteiger partial charge in [-0.25, -0.2) is 17.8 Å². The molecule has 8 heteroatoms. The van der Waals surface area contributed by atoms with Crippen molar-refractivity contribution in [2.75, 3.05) is 5.73 Å². The van der Waals surface area contributed by atoms with Crippen LogP contribution in [0.1, 0.15) is 31.9 Å². The predicted molar refractivity (Wildman–Crippen MR) is 79.9 cm³/mol. The molecule has 0 radical (unpaired) electrons. The van der Waals surface area contributed by atoms with Gasteiger partial charge in [-0.1, -0.05) is 6.92 Å². The summed E-state index contributed by atoms with van der Waals surface area (Å²) in [6.45, 7) is 4.10. The molecule has 0 spiro atoms. The largest absolute Gasteiger partial charge is 0.383 e. The van der Waals surface area contributed by atoms with E-state index in [1.54, 1.807) is 24.5 Å². The van der Waals surface area contributed by atoms with Gasteiger partial charge < -0.3 is 5.73 Å². The number of hydrogen-bond acceptors (Lipinski definition) is 5. The number of nitrogens with one attached hydrogen (secondary N) is 1. The Morgan fingerprint density at radius 2 is 2.05 bits per heavy atom. The predicted octanol–water partition coefficient (Wildman–Crippen LogP) is 1.31. The fourth-order valence-corrected chi connectivity index (χ4v) is 2.91. The molecule has 2 aromatic heterocycles. The average molecular weight is 309 g/mol. The van der Waals surface area contributed by atoms with E-state index in [0.717, 1.165) is 12.0 Å². The monoisotopic (exact) mass is 309 g/mol. The van der Waals surface area contributed by atoms with Gasteiger partial charge in [-0.2, -0.15) is 5.10 Å². The van der Waals surface area contributed by atoms with Crippen molar-refractivity contribution in [1.29, 1.82) is 0 Å². The van der Waals surface area contributed by atoms with Crippen LogP contribution < -0.4 is 10.5 Å². The van der Waals surface area contributed by atoms with Gasteiger partial charge in [0.15, 0.2) is 0 Å². The molecule has 0 amide bonds. The summed E-state index contributed by atoms with van der Waals surface area (Å²) in [5.41, 5.74) is 6.73. The van der Waals surface area contributed by atoms with Crippen LogP contribution in [-0.4, -0.2) is 23.2 Å². The molecule has 0 aliphatic rings. The second-order valence-electron chi connectivity index (χ2n) is 4.78. The maximum Gasteiger partial charge on any atom is 0.246 e. The highest BCUT2D eigenvalue weighted by atomic mass is 32.2. The lowest BCUT2D eigenvalue weighted by Crippen LogP contribution is -2.24. The van der Waals surface area contributed by atoms with Crippen molar-refractivity contribution < 1.29 is 8.42 Å². The Morgan fingerprint density at radius 1 is 1.38 bits per heavy atom. The van der Waals surface area contributed by atoms with Crippen molar-refractivity contribution in [3.05, 3.63) is 36.3 Å². The van der Waals surface area contributed by atoms with E-state index in [2.05, 4.69) is 14.8 Å². The van der Waals surface area contributed by atoms with Crippen molar-refractivity contribution in [2.45, 2.75) is 37.8 Å². The van der Waals surface area contributed by atoms with E-state index in [0.29, 0.717) is 0 Å². The molecule has 0 bridgehead atoms. The molecule has 0 saturated heterocycles. The van der Waals surface area contributed by atoms with Gasteiger partial charge in [-0.05, 0) is 31.0 Å². The number of sulfonamides is 1. The number of anilines is 1. The summed E-state index contributed by atoms with van der Waals surface area (Å²) in [7, 11) is -3.69. The fraction of sp³-hybridized carbons (Fsp3) is 0.385. The van der Waals surface area contributed by atoms with Crippen molar-refractivity contribution >= 4 is 15.8 Å². The van der Waals surface area contributed by atoms with Gasteiger partial charge in [-0.3, -0.25) is 4.98 Å². The van der Waals surface area contributed by atoms with E-state index >= 15 is 0 Å². The zero-order valence-corrected chi connectivity index (χ0v) is 12.8. The fourth-order valence-electron chi connectivity index (χ4n) is 1.84. The van der Waals surface area contributed by atoms with Gasteiger partial charge in [-0.15, -0.1) is 0 Å². The minimum atomic E-state index is -3.69. The van der Waals surface area contributed by atoms with E-state index in [1.807, 2.05) is 13.8 Å². The Hall–Kier alpha value is -1.93. The first-order chi connectivity index (χ1) is 9.95. The number of nitrogen functional groups attached to an aromatic ring is 1. The van der Waals surface area contributed by atoms with E-state index in [9.17, 15) is 8.42 Å². The molecule has 1 atom stereocenters. The normalized spacial score (nSPS) is 13.2. The molecular weight excluding hydrogens is 290 g/mol. The molecular formula is C13H19N5O2S. The number of aromatic nitrogens is 3. The Morgan fingerprint density at radius 3 is 2.67 bits per heavy atom. The lowest BCUT2D eigenvalue weighted by molar-refractivity contribution is 0.484. The SMILES string of the molecule is CCC(C)n1ncc(S(=O)(=O)NCc2ccncc2)c1N. The highest BCUT2D eigenvalue weighted by Crippen LogP contribution is 2.22. The third-order valence-corrected chi connectivity index (χ3v) is 4.73. The van der Waals surface area contributed by atoms with Gasteiger partial charge in [0.05, 0.1) is 12.2 Å². The van der Waals surface area contributed by atoms with E-state index < -0.39 is 10.0 Å². The molecule has 2 rings (SSSR count). The van der Waals surface area contributed by atoms with Crippen LogP contribution in [0.4, 0.5) is 5.82 Å². The van der Waals surface area contributed by atoms with Crippen LogP contribution in [-0.2, 0) is 16.6 Å². The van der Waals surface area contributed by atoms with E-state index in [-0.39, 0.29) is 23.3 Å². The maximum absolute atomic E-state index is 12.3. The third-order valence-electron chi connectivity index (χ3n) is 3.31. The molecule has 0 aromatic carbocycles. The van der Waals surface area contributed by atoms with Crippen molar-refractivity contribution in [3.63, 3.8) is 0 Å². The smallest absolute Gasteiger partial charge is 0.246 e. The van der Waals surface area contributed by atoms with E-state index in [4.69, 9.17) is 5.73 Å². The number of nitrogens with two attached hydrogens (primary N) is 1. The molecule has 2 aromatic rings. The summed E-state index contributed by atoms with van der Waals surface area (Å²) in [6, 6.07) is 3.54. The van der Waals surface area contributed by atoms with Gasteiger partial charge in [0, 0.05) is 18.9 Å². The minimum absolute atomic E-state index is 0.0110. The molecule has 0 saturated carbocycles. The minimum Gasteiger partial charge on any atom is -0.383 e. The highest BCUT2D eigenvalue weighted by molar-refractivity contribution is 7.89. The highest BCUT2D eigenvalue weighted by Gasteiger charge is 2.22. The summed E-state index contributed by atoms with van der Waals surface area (Å²) in [4.78, 5) is 3.89. The Balaban J connectivity index is 2.18. The molecule has 0 aliphatic heterocycles. The van der Waals surface area contributed by atoms with E-state index in [1.165, 1.54) is 10.9 Å². The van der Waals surface area contributed by atoms with Crippen molar-refractivity contribution in [1.82, 2.24) is 19.5 Å². The Labute approximate surface area is 124 Å². The Kier molecular flexibility index (Phi) is 4.59. The lowest BCUT2D eigenvalue weighted by Gasteiger charge is -2.12. The van der Waals surface area contributed by atoms with Crippen molar-refractivity contribution in [3.8, 4) is 0 Å². The maximum atomic E-state index is 12.3. The first-order valence-electron chi connectivity index (χ1n) is 6.67. The number of nitrogens with zero attached hydrogens (tertiary/aromatic N) is 3. The molecule has 7 nitrogen and oxygen atoms in total. The van der Waals surface area contributed by atoms with Crippen LogP contribution >= 0.6 is 0 Å². The second kappa shape index (κ2) is 6.23. The molecule has 1 unspecified atom stereocenters. The summed E-state index contributed by atoms with van der Waals surface area (Å²) in [6.07, 6.45) is 5.32. The molecule has 0 aliphatic carbocycles. The topological polar surface area (TPSA) is 103 Å². The van der Waals surface area contributed by atoms with Crippen LogP contribution in [0.5, 0.6) is 0 Å². The van der Waals surface area contributed by atoms with Crippen LogP contribution in [0.15, 0.2) is 35.6 Å². The quantitative estimate of drug-likeness (QED) is 0.837. The zero-order chi connectivity index (χ0) is 15.5. The first-order valence-corrected chi connectivity index (χ1v) is 8.15. The number of hydrogen-bond donors (Lipinski definition) is 2. The zero-order valence-electron chi connectivity index (χ0n) is 12.0. The van der Waals surface area contributed by atoms with Gasteiger partial charge in [0.2, 0.25) is 10.0 Å². The average Bonchev–Trinajstić information content (AvgIpc) is 2.88. The lowest BCUT2D eigenvalue weighted by atomic mass is 10.3.